The van der Waals surface area contributed by atoms with Crippen LogP contribution in [0.5, 0.6) is 0 Å². The fraction of sp³-hybridized carbons (Fsp3) is 0.125. The van der Waals surface area contributed by atoms with Crippen LogP contribution in [-0.2, 0) is 0 Å². The van der Waals surface area contributed by atoms with Gasteiger partial charge < -0.3 is 9.13 Å². The van der Waals surface area contributed by atoms with Gasteiger partial charge in [-0.3, -0.25) is 0 Å². The second-order valence-electron chi connectivity index (χ2n) is 14.2. The molecular weight excluding hydrogens is 605 g/mol. The van der Waals surface area contributed by atoms with Gasteiger partial charge in [-0.25, -0.2) is 0 Å². The molecule has 0 saturated heterocycles. The SMILES string of the molecule is Cc1cc(C)c(-c2ccc3c(c2)c2ccccc2n3-c2cccc(-n3c4ccccc4c4cc(-c5c(C)cc(C)cc5C)ccc43)c2)c(C)c1. The average molecular weight is 645 g/mol. The second-order valence-corrected chi connectivity index (χ2v) is 14.2. The van der Waals surface area contributed by atoms with Crippen LogP contribution in [0.15, 0.2) is 133 Å². The molecule has 9 rings (SSSR count). The Morgan fingerprint density at radius 2 is 0.700 bits per heavy atom. The molecule has 2 heteroatoms. The normalized spacial score (nSPS) is 11.8. The van der Waals surface area contributed by atoms with E-state index < -0.39 is 0 Å². The minimum Gasteiger partial charge on any atom is -0.309 e. The number of hydrogen-bond donors (Lipinski definition) is 0. The molecule has 0 aliphatic heterocycles. The number of aromatic nitrogens is 2. The van der Waals surface area contributed by atoms with Crippen LogP contribution in [0.4, 0.5) is 0 Å². The second kappa shape index (κ2) is 11.4. The quantitative estimate of drug-likeness (QED) is 0.180. The lowest BCUT2D eigenvalue weighted by atomic mass is 9.93. The fourth-order valence-corrected chi connectivity index (χ4v) is 8.86. The van der Waals surface area contributed by atoms with Crippen molar-refractivity contribution in [2.75, 3.05) is 0 Å². The number of para-hydroxylation sites is 2. The Balaban J connectivity index is 1.24. The van der Waals surface area contributed by atoms with Crippen molar-refractivity contribution in [3.8, 4) is 33.6 Å². The summed E-state index contributed by atoms with van der Waals surface area (Å²) in [6.07, 6.45) is 0. The predicted molar refractivity (Wildman–Crippen MR) is 214 cm³/mol. The number of hydrogen-bond acceptors (Lipinski definition) is 0. The van der Waals surface area contributed by atoms with Gasteiger partial charge in [0.2, 0.25) is 0 Å². The van der Waals surface area contributed by atoms with Gasteiger partial charge in [-0.05, 0) is 141 Å². The van der Waals surface area contributed by atoms with E-state index in [0.717, 1.165) is 11.4 Å². The summed E-state index contributed by atoms with van der Waals surface area (Å²) in [7, 11) is 0. The average Bonchev–Trinajstić information content (AvgIpc) is 3.60. The maximum atomic E-state index is 2.43. The standard InChI is InChI=1S/C48H40N2/c1-29-22-31(3)47(32(4)23-29)35-18-20-45-41(26-35)39-14-7-9-16-43(39)49(45)37-12-11-13-38(28-37)50-44-17-10-8-15-40(44)42-27-36(19-21-46(42)50)48-33(5)24-30(2)25-34(48)6/h7-28H,1-6H3. The van der Waals surface area contributed by atoms with Gasteiger partial charge in [0.15, 0.2) is 0 Å². The van der Waals surface area contributed by atoms with E-state index in [0.29, 0.717) is 0 Å². The molecule has 0 N–H and O–H groups in total. The molecule has 0 radical (unpaired) electrons. The topological polar surface area (TPSA) is 9.86 Å². The number of aryl methyl sites for hydroxylation is 6. The van der Waals surface area contributed by atoms with Gasteiger partial charge in [-0.2, -0.15) is 0 Å². The minimum atomic E-state index is 1.15. The highest BCUT2D eigenvalue weighted by Gasteiger charge is 2.18. The first kappa shape index (κ1) is 30.2. The maximum Gasteiger partial charge on any atom is 0.0541 e. The Kier molecular flexibility index (Phi) is 6.86. The summed E-state index contributed by atoms with van der Waals surface area (Å²) >= 11 is 0. The van der Waals surface area contributed by atoms with E-state index in [1.54, 1.807) is 0 Å². The Bertz CT molecular complexity index is 2580. The number of benzene rings is 7. The summed E-state index contributed by atoms with van der Waals surface area (Å²) in [5, 5.41) is 5.08. The van der Waals surface area contributed by atoms with E-state index in [4.69, 9.17) is 0 Å². The van der Waals surface area contributed by atoms with Crippen LogP contribution in [0.1, 0.15) is 33.4 Å². The molecule has 0 saturated carbocycles. The zero-order chi connectivity index (χ0) is 34.3. The maximum absolute atomic E-state index is 2.43. The molecule has 2 aromatic heterocycles. The van der Waals surface area contributed by atoms with Crippen molar-refractivity contribution in [2.24, 2.45) is 0 Å². The van der Waals surface area contributed by atoms with Gasteiger partial charge in [0.1, 0.15) is 0 Å². The Labute approximate surface area is 293 Å². The van der Waals surface area contributed by atoms with Gasteiger partial charge in [0.05, 0.1) is 22.1 Å². The van der Waals surface area contributed by atoms with E-state index in [-0.39, 0.29) is 0 Å². The molecule has 0 aliphatic carbocycles. The van der Waals surface area contributed by atoms with Crippen LogP contribution < -0.4 is 0 Å². The highest BCUT2D eigenvalue weighted by Crippen LogP contribution is 2.40. The number of fused-ring (bicyclic) bond motifs is 6. The van der Waals surface area contributed by atoms with Crippen molar-refractivity contribution in [1.82, 2.24) is 9.13 Å². The van der Waals surface area contributed by atoms with Crippen molar-refractivity contribution in [1.29, 1.82) is 0 Å². The van der Waals surface area contributed by atoms with Crippen LogP contribution in [0.2, 0.25) is 0 Å². The van der Waals surface area contributed by atoms with Crippen LogP contribution in [0, 0.1) is 41.5 Å². The largest absolute Gasteiger partial charge is 0.309 e. The summed E-state index contributed by atoms with van der Waals surface area (Å²) in [5.74, 6) is 0. The van der Waals surface area contributed by atoms with Gasteiger partial charge >= 0.3 is 0 Å². The lowest BCUT2D eigenvalue weighted by molar-refractivity contribution is 1.13. The summed E-state index contributed by atoms with van der Waals surface area (Å²) < 4.78 is 4.86. The molecule has 50 heavy (non-hydrogen) atoms. The Morgan fingerprint density at radius 3 is 1.12 bits per heavy atom. The molecule has 7 aromatic carbocycles. The van der Waals surface area contributed by atoms with Crippen LogP contribution in [-0.4, -0.2) is 9.13 Å². The zero-order valence-electron chi connectivity index (χ0n) is 29.6. The van der Waals surface area contributed by atoms with E-state index in [1.807, 2.05) is 0 Å². The van der Waals surface area contributed by atoms with E-state index in [9.17, 15) is 0 Å². The van der Waals surface area contributed by atoms with Crippen LogP contribution >= 0.6 is 0 Å². The monoisotopic (exact) mass is 644 g/mol. The molecular formula is C48H40N2. The fourth-order valence-electron chi connectivity index (χ4n) is 8.86. The molecule has 242 valence electrons. The molecule has 0 atom stereocenters. The molecule has 2 nitrogen and oxygen atoms in total. The van der Waals surface area contributed by atoms with E-state index in [1.165, 1.54) is 99.2 Å². The van der Waals surface area contributed by atoms with Gasteiger partial charge in [0.25, 0.3) is 0 Å². The minimum absolute atomic E-state index is 1.15. The van der Waals surface area contributed by atoms with Gasteiger partial charge in [-0.1, -0.05) is 90.0 Å². The van der Waals surface area contributed by atoms with E-state index >= 15 is 0 Å². The molecule has 9 aromatic rings. The molecule has 0 spiro atoms. The third-order valence-electron chi connectivity index (χ3n) is 10.6. The third-order valence-corrected chi connectivity index (χ3v) is 10.6. The molecule has 0 aliphatic rings. The highest BCUT2D eigenvalue weighted by molar-refractivity contribution is 6.12. The van der Waals surface area contributed by atoms with Crippen LogP contribution in [0.25, 0.3) is 77.2 Å². The van der Waals surface area contributed by atoms with Crippen LogP contribution in [0.3, 0.4) is 0 Å². The number of rotatable bonds is 4. The summed E-state index contributed by atoms with van der Waals surface area (Å²) in [4.78, 5) is 0. The molecule has 0 amide bonds. The molecule has 0 unspecified atom stereocenters. The first-order valence-corrected chi connectivity index (χ1v) is 17.6. The summed E-state index contributed by atoms with van der Waals surface area (Å²) in [5.41, 5.74) is 20.2. The van der Waals surface area contributed by atoms with Gasteiger partial charge in [0, 0.05) is 32.9 Å². The van der Waals surface area contributed by atoms with Gasteiger partial charge in [-0.15, -0.1) is 0 Å². The Morgan fingerprint density at radius 1 is 0.320 bits per heavy atom. The lowest BCUT2D eigenvalue weighted by Crippen LogP contribution is -1.98. The first-order valence-electron chi connectivity index (χ1n) is 17.6. The van der Waals surface area contributed by atoms with Crippen molar-refractivity contribution < 1.29 is 0 Å². The molecule has 2 heterocycles. The third kappa shape index (κ3) is 4.63. The summed E-state index contributed by atoms with van der Waals surface area (Å²) in [6, 6.07) is 49.9. The lowest BCUT2D eigenvalue weighted by Gasteiger charge is -2.14. The molecule has 0 fully saturated rings. The first-order chi connectivity index (χ1) is 24.3. The molecule has 0 bridgehead atoms. The van der Waals surface area contributed by atoms with E-state index in [2.05, 4.69) is 184 Å². The van der Waals surface area contributed by atoms with Crippen molar-refractivity contribution >= 4 is 43.6 Å². The van der Waals surface area contributed by atoms with Crippen molar-refractivity contribution in [3.05, 3.63) is 167 Å². The number of nitrogens with zero attached hydrogens (tertiary/aromatic N) is 2. The summed E-state index contributed by atoms with van der Waals surface area (Å²) in [6.45, 7) is 13.3. The highest BCUT2D eigenvalue weighted by atomic mass is 15.0. The predicted octanol–water partition coefficient (Wildman–Crippen LogP) is 13.1. The van der Waals surface area contributed by atoms with Crippen molar-refractivity contribution in [3.63, 3.8) is 0 Å². The Hall–Kier alpha value is -5.86. The zero-order valence-corrected chi connectivity index (χ0v) is 29.6. The van der Waals surface area contributed by atoms with Crippen molar-refractivity contribution in [2.45, 2.75) is 41.5 Å². The smallest absolute Gasteiger partial charge is 0.0541 e.